The molecule has 24 heavy (non-hydrogen) atoms. The SMILES string of the molecule is CNC(=O)c1ccc2c(c1)SSc1cc(C)ccc1NCCCN2. The molecule has 2 aromatic rings. The van der Waals surface area contributed by atoms with Gasteiger partial charge in [-0.05, 0) is 49.2 Å². The van der Waals surface area contributed by atoms with Crippen LogP contribution in [0.1, 0.15) is 22.3 Å². The predicted molar refractivity (Wildman–Crippen MR) is 104 cm³/mol. The first kappa shape index (κ1) is 17.0. The van der Waals surface area contributed by atoms with Crippen LogP contribution in [0.3, 0.4) is 0 Å². The summed E-state index contributed by atoms with van der Waals surface area (Å²) in [5.74, 6) is -0.0596. The molecule has 0 atom stereocenters. The number of carbonyl (C=O) groups is 1. The van der Waals surface area contributed by atoms with E-state index in [0.717, 1.165) is 30.1 Å². The maximum absolute atomic E-state index is 11.9. The minimum atomic E-state index is -0.0596. The number of benzene rings is 2. The number of aryl methyl sites for hydroxylation is 1. The molecule has 1 aliphatic rings. The molecule has 1 heterocycles. The first-order valence-electron chi connectivity index (χ1n) is 7.96. The van der Waals surface area contributed by atoms with Crippen molar-refractivity contribution in [3.8, 4) is 0 Å². The quantitative estimate of drug-likeness (QED) is 0.660. The summed E-state index contributed by atoms with van der Waals surface area (Å²) in [5, 5.41) is 9.68. The van der Waals surface area contributed by atoms with Crippen LogP contribution in [0.5, 0.6) is 0 Å². The van der Waals surface area contributed by atoms with Gasteiger partial charge in [-0.1, -0.05) is 27.7 Å². The summed E-state index contributed by atoms with van der Waals surface area (Å²) in [6, 6.07) is 12.3. The summed E-state index contributed by atoms with van der Waals surface area (Å²) >= 11 is 0. The summed E-state index contributed by atoms with van der Waals surface area (Å²) in [7, 11) is 5.06. The number of amides is 1. The lowest BCUT2D eigenvalue weighted by Crippen LogP contribution is -2.18. The second-order valence-corrected chi connectivity index (χ2v) is 7.88. The predicted octanol–water partition coefficient (Wildman–Crippen LogP) is 4.38. The minimum Gasteiger partial charge on any atom is -0.384 e. The van der Waals surface area contributed by atoms with Crippen molar-refractivity contribution in [2.24, 2.45) is 0 Å². The third-order valence-corrected chi connectivity index (χ3v) is 6.26. The van der Waals surface area contributed by atoms with Crippen molar-refractivity contribution in [2.75, 3.05) is 30.8 Å². The number of rotatable bonds is 1. The van der Waals surface area contributed by atoms with E-state index < -0.39 is 0 Å². The van der Waals surface area contributed by atoms with E-state index in [9.17, 15) is 4.79 Å². The van der Waals surface area contributed by atoms with Crippen LogP contribution in [0.15, 0.2) is 46.2 Å². The first-order chi connectivity index (χ1) is 11.7. The van der Waals surface area contributed by atoms with Gasteiger partial charge in [-0.25, -0.2) is 0 Å². The van der Waals surface area contributed by atoms with Gasteiger partial charge in [0.05, 0.1) is 0 Å². The Morgan fingerprint density at radius 3 is 2.29 bits per heavy atom. The van der Waals surface area contributed by atoms with E-state index in [4.69, 9.17) is 0 Å². The minimum absolute atomic E-state index is 0.0596. The highest BCUT2D eigenvalue weighted by molar-refractivity contribution is 8.76. The summed E-state index contributed by atoms with van der Waals surface area (Å²) in [4.78, 5) is 14.2. The van der Waals surface area contributed by atoms with Gasteiger partial charge in [-0.3, -0.25) is 4.79 Å². The molecule has 6 heteroatoms. The third kappa shape index (κ3) is 3.99. The van der Waals surface area contributed by atoms with Gasteiger partial charge in [0.25, 0.3) is 5.91 Å². The number of carbonyl (C=O) groups excluding carboxylic acids is 1. The lowest BCUT2D eigenvalue weighted by Gasteiger charge is -2.12. The van der Waals surface area contributed by atoms with E-state index in [-0.39, 0.29) is 5.91 Å². The Morgan fingerprint density at radius 1 is 1.00 bits per heavy atom. The van der Waals surface area contributed by atoms with Crippen molar-refractivity contribution in [3.63, 3.8) is 0 Å². The zero-order valence-corrected chi connectivity index (χ0v) is 15.4. The Morgan fingerprint density at radius 2 is 1.62 bits per heavy atom. The van der Waals surface area contributed by atoms with E-state index in [0.29, 0.717) is 5.56 Å². The molecule has 4 nitrogen and oxygen atoms in total. The molecule has 2 aromatic carbocycles. The highest BCUT2D eigenvalue weighted by Crippen LogP contribution is 2.44. The van der Waals surface area contributed by atoms with Gasteiger partial charge in [0, 0.05) is 46.9 Å². The fourth-order valence-electron chi connectivity index (χ4n) is 2.49. The number of hydrogen-bond donors (Lipinski definition) is 3. The molecule has 0 saturated heterocycles. The van der Waals surface area contributed by atoms with Crippen molar-refractivity contribution in [1.29, 1.82) is 0 Å². The fourth-order valence-corrected chi connectivity index (χ4v) is 4.91. The smallest absolute Gasteiger partial charge is 0.251 e. The van der Waals surface area contributed by atoms with E-state index in [1.54, 1.807) is 28.6 Å². The second-order valence-electron chi connectivity index (χ2n) is 5.66. The van der Waals surface area contributed by atoms with Crippen molar-refractivity contribution in [1.82, 2.24) is 5.32 Å². The van der Waals surface area contributed by atoms with E-state index in [1.807, 2.05) is 18.2 Å². The van der Waals surface area contributed by atoms with Crippen molar-refractivity contribution >= 4 is 38.9 Å². The van der Waals surface area contributed by atoms with Crippen LogP contribution < -0.4 is 16.0 Å². The molecule has 0 saturated carbocycles. The monoisotopic (exact) mass is 359 g/mol. The molecule has 3 N–H and O–H groups in total. The van der Waals surface area contributed by atoms with Crippen LogP contribution in [0.2, 0.25) is 0 Å². The lowest BCUT2D eigenvalue weighted by molar-refractivity contribution is 0.0963. The van der Waals surface area contributed by atoms with Crippen LogP contribution in [0.25, 0.3) is 0 Å². The fraction of sp³-hybridized carbons (Fsp3) is 0.278. The molecule has 126 valence electrons. The largest absolute Gasteiger partial charge is 0.384 e. The molecule has 1 amide bonds. The Kier molecular flexibility index (Phi) is 5.58. The molecule has 0 spiro atoms. The number of nitrogens with one attached hydrogen (secondary N) is 3. The van der Waals surface area contributed by atoms with Gasteiger partial charge in [-0.15, -0.1) is 0 Å². The zero-order valence-electron chi connectivity index (χ0n) is 13.8. The van der Waals surface area contributed by atoms with E-state index in [2.05, 4.69) is 41.1 Å². The van der Waals surface area contributed by atoms with Crippen LogP contribution >= 0.6 is 21.6 Å². The Labute approximate surface area is 150 Å². The number of anilines is 2. The standard InChI is InChI=1S/C18H21N3OS2/c1-12-4-6-14-16(10-12)23-24-17-11-13(18(22)19-2)5-7-15(17)21-9-3-8-20-14/h4-7,10-11,20-21H,3,8-9H2,1-2H3,(H,19,22). The molecule has 0 radical (unpaired) electrons. The zero-order chi connectivity index (χ0) is 16.9. The molecule has 0 unspecified atom stereocenters. The van der Waals surface area contributed by atoms with Crippen molar-refractivity contribution in [2.45, 2.75) is 23.1 Å². The van der Waals surface area contributed by atoms with Gasteiger partial charge in [0.2, 0.25) is 0 Å². The van der Waals surface area contributed by atoms with Gasteiger partial charge in [-0.2, -0.15) is 0 Å². The van der Waals surface area contributed by atoms with E-state index in [1.165, 1.54) is 16.1 Å². The third-order valence-electron chi connectivity index (χ3n) is 3.81. The first-order valence-corrected chi connectivity index (χ1v) is 10.1. The topological polar surface area (TPSA) is 53.2 Å². The summed E-state index contributed by atoms with van der Waals surface area (Å²) in [6.07, 6.45) is 1.03. The normalized spacial score (nSPS) is 14.2. The van der Waals surface area contributed by atoms with Crippen LogP contribution in [-0.2, 0) is 0 Å². The molecule has 0 aliphatic carbocycles. The molecule has 0 bridgehead atoms. The molecular formula is C18H21N3OS2. The molecule has 0 fully saturated rings. The average Bonchev–Trinajstić information content (AvgIpc) is 2.64. The lowest BCUT2D eigenvalue weighted by atomic mass is 10.2. The molecular weight excluding hydrogens is 338 g/mol. The highest BCUT2D eigenvalue weighted by Gasteiger charge is 2.12. The maximum atomic E-state index is 11.9. The maximum Gasteiger partial charge on any atom is 0.251 e. The van der Waals surface area contributed by atoms with Crippen LogP contribution in [-0.4, -0.2) is 26.0 Å². The molecule has 1 aliphatic heterocycles. The highest BCUT2D eigenvalue weighted by atomic mass is 33.1. The Balaban J connectivity index is 1.93. The molecule has 3 rings (SSSR count). The summed E-state index contributed by atoms with van der Waals surface area (Å²) in [6.45, 7) is 3.93. The Hall–Kier alpha value is -1.79. The summed E-state index contributed by atoms with van der Waals surface area (Å²) < 4.78 is 0. The Bertz CT molecular complexity index is 749. The number of hydrogen-bond acceptors (Lipinski definition) is 5. The number of fused-ring (bicyclic) bond motifs is 2. The van der Waals surface area contributed by atoms with Gasteiger partial charge >= 0.3 is 0 Å². The van der Waals surface area contributed by atoms with E-state index >= 15 is 0 Å². The van der Waals surface area contributed by atoms with Crippen LogP contribution in [0.4, 0.5) is 11.4 Å². The van der Waals surface area contributed by atoms with Gasteiger partial charge in [0.15, 0.2) is 0 Å². The van der Waals surface area contributed by atoms with Crippen LogP contribution in [0, 0.1) is 6.92 Å². The second kappa shape index (κ2) is 7.85. The van der Waals surface area contributed by atoms with Crippen molar-refractivity contribution in [3.05, 3.63) is 47.5 Å². The molecule has 0 aromatic heterocycles. The summed E-state index contributed by atoms with van der Waals surface area (Å²) in [5.41, 5.74) is 4.18. The van der Waals surface area contributed by atoms with Gasteiger partial charge < -0.3 is 16.0 Å². The van der Waals surface area contributed by atoms with Crippen molar-refractivity contribution < 1.29 is 4.79 Å². The van der Waals surface area contributed by atoms with Gasteiger partial charge in [0.1, 0.15) is 0 Å². The average molecular weight is 360 g/mol.